The van der Waals surface area contributed by atoms with Crippen LogP contribution >= 0.6 is 0 Å². The molecule has 0 unspecified atom stereocenters. The summed E-state index contributed by atoms with van der Waals surface area (Å²) >= 11 is 0. The summed E-state index contributed by atoms with van der Waals surface area (Å²) < 4.78 is 5.45. The zero-order valence-corrected chi connectivity index (χ0v) is 13.1. The fraction of sp³-hybridized carbons (Fsp3) is 0.235. The maximum absolute atomic E-state index is 12.4. The molecule has 1 aromatic carbocycles. The zero-order chi connectivity index (χ0) is 16.2. The van der Waals surface area contributed by atoms with Gasteiger partial charge in [0.05, 0.1) is 11.6 Å². The maximum atomic E-state index is 12.4. The van der Waals surface area contributed by atoms with E-state index < -0.39 is 5.41 Å². The summed E-state index contributed by atoms with van der Waals surface area (Å²) in [5.74, 6) is 0.760. The van der Waals surface area contributed by atoms with Crippen LogP contribution < -0.4 is 4.90 Å². The predicted molar refractivity (Wildman–Crippen MR) is 86.0 cm³/mol. The molecule has 0 saturated heterocycles. The second-order valence-electron chi connectivity index (χ2n) is 6.28. The number of fused-ring (bicyclic) bond motifs is 1. The number of aromatic amines is 1. The fourth-order valence-corrected chi connectivity index (χ4v) is 3.07. The Labute approximate surface area is 133 Å². The highest BCUT2D eigenvalue weighted by Crippen LogP contribution is 2.42. The van der Waals surface area contributed by atoms with Crippen LogP contribution in [0.4, 0.5) is 5.69 Å². The second kappa shape index (κ2) is 4.55. The summed E-state index contributed by atoms with van der Waals surface area (Å²) in [6, 6.07) is 7.80. The van der Waals surface area contributed by atoms with E-state index in [1.807, 2.05) is 38.1 Å². The Hall–Kier alpha value is -2.89. The minimum absolute atomic E-state index is 0.0984. The molecule has 3 heterocycles. The summed E-state index contributed by atoms with van der Waals surface area (Å²) in [5.41, 5.74) is 3.94. The van der Waals surface area contributed by atoms with Gasteiger partial charge in [-0.2, -0.15) is 5.10 Å². The third kappa shape index (κ3) is 1.91. The van der Waals surface area contributed by atoms with Crippen LogP contribution in [0.25, 0.3) is 22.6 Å². The van der Waals surface area contributed by atoms with E-state index in [1.165, 1.54) is 0 Å². The summed E-state index contributed by atoms with van der Waals surface area (Å²) in [6.45, 7) is 3.89. The van der Waals surface area contributed by atoms with Crippen molar-refractivity contribution in [2.24, 2.45) is 0 Å². The lowest BCUT2D eigenvalue weighted by atomic mass is 9.86. The molecular formula is C17H16N4O2. The molecule has 6 nitrogen and oxygen atoms in total. The molecule has 0 atom stereocenters. The van der Waals surface area contributed by atoms with Crippen molar-refractivity contribution in [2.45, 2.75) is 19.3 Å². The normalized spacial score (nSPS) is 16.0. The minimum atomic E-state index is -0.494. The quantitative estimate of drug-likeness (QED) is 0.789. The summed E-state index contributed by atoms with van der Waals surface area (Å²) in [4.78, 5) is 14.1. The van der Waals surface area contributed by atoms with Crippen molar-refractivity contribution in [3.8, 4) is 22.6 Å². The third-order valence-electron chi connectivity index (χ3n) is 4.46. The Morgan fingerprint density at radius 2 is 2.04 bits per heavy atom. The van der Waals surface area contributed by atoms with Crippen LogP contribution in [0.15, 0.2) is 41.2 Å². The second-order valence-corrected chi connectivity index (χ2v) is 6.28. The van der Waals surface area contributed by atoms with E-state index in [0.29, 0.717) is 5.76 Å². The van der Waals surface area contributed by atoms with Gasteiger partial charge in [0.25, 0.3) is 0 Å². The molecule has 116 valence electrons. The molecule has 0 bridgehead atoms. The number of hydrogen-bond acceptors (Lipinski definition) is 4. The van der Waals surface area contributed by atoms with Crippen molar-refractivity contribution in [2.75, 3.05) is 11.9 Å². The van der Waals surface area contributed by atoms with E-state index in [2.05, 4.69) is 15.4 Å². The number of H-pyrrole nitrogens is 1. The minimum Gasteiger partial charge on any atom is -0.356 e. The van der Waals surface area contributed by atoms with Crippen LogP contribution in [0, 0.1) is 0 Å². The first-order chi connectivity index (χ1) is 11.0. The maximum Gasteiger partial charge on any atom is 0.236 e. The molecule has 0 aliphatic carbocycles. The van der Waals surface area contributed by atoms with Gasteiger partial charge >= 0.3 is 0 Å². The molecule has 1 aliphatic heterocycles. The molecule has 23 heavy (non-hydrogen) atoms. The number of hydrogen-bond donors (Lipinski definition) is 1. The van der Waals surface area contributed by atoms with Crippen molar-refractivity contribution in [1.82, 2.24) is 15.4 Å². The number of anilines is 1. The fourth-order valence-electron chi connectivity index (χ4n) is 3.07. The lowest BCUT2D eigenvalue weighted by molar-refractivity contribution is -0.121. The van der Waals surface area contributed by atoms with Gasteiger partial charge in [-0.05, 0) is 25.5 Å². The molecule has 3 aromatic rings. The Balaban J connectivity index is 1.77. The van der Waals surface area contributed by atoms with Gasteiger partial charge in [-0.15, -0.1) is 0 Å². The van der Waals surface area contributed by atoms with Crippen molar-refractivity contribution < 1.29 is 9.32 Å². The summed E-state index contributed by atoms with van der Waals surface area (Å²) in [6.07, 6.45) is 3.46. The van der Waals surface area contributed by atoms with Crippen molar-refractivity contribution in [3.63, 3.8) is 0 Å². The number of carbonyl (C=O) groups is 1. The third-order valence-corrected chi connectivity index (χ3v) is 4.46. The Bertz CT molecular complexity index is 893. The first-order valence-electron chi connectivity index (χ1n) is 7.37. The van der Waals surface area contributed by atoms with Crippen LogP contribution in [0.2, 0.25) is 0 Å². The lowest BCUT2D eigenvalue weighted by Crippen LogP contribution is -2.33. The van der Waals surface area contributed by atoms with Crippen LogP contribution in [-0.2, 0) is 10.2 Å². The number of nitrogens with one attached hydrogen (secondary N) is 1. The molecule has 0 spiro atoms. The monoisotopic (exact) mass is 308 g/mol. The highest BCUT2D eigenvalue weighted by atomic mass is 16.5. The Morgan fingerprint density at radius 1 is 1.22 bits per heavy atom. The van der Waals surface area contributed by atoms with Crippen LogP contribution in [0.3, 0.4) is 0 Å². The van der Waals surface area contributed by atoms with E-state index in [4.69, 9.17) is 4.52 Å². The average Bonchev–Trinajstić information content (AvgIpc) is 3.25. The van der Waals surface area contributed by atoms with E-state index in [-0.39, 0.29) is 5.91 Å². The van der Waals surface area contributed by atoms with Crippen LogP contribution in [0.5, 0.6) is 0 Å². The Kier molecular flexibility index (Phi) is 2.72. The van der Waals surface area contributed by atoms with Crippen molar-refractivity contribution in [3.05, 3.63) is 42.2 Å². The van der Waals surface area contributed by atoms with Gasteiger partial charge in [-0.3, -0.25) is 9.89 Å². The number of carbonyl (C=O) groups excluding carboxylic acids is 1. The number of rotatable bonds is 2. The number of likely N-dealkylation sites (N-methyl/N-ethyl adjacent to an activating group) is 1. The summed E-state index contributed by atoms with van der Waals surface area (Å²) in [7, 11) is 1.80. The van der Waals surface area contributed by atoms with Gasteiger partial charge in [-0.25, -0.2) is 0 Å². The van der Waals surface area contributed by atoms with Crippen LogP contribution in [-0.4, -0.2) is 28.3 Å². The van der Waals surface area contributed by atoms with Gasteiger partial charge in [0, 0.05) is 36.1 Å². The average molecular weight is 308 g/mol. The van der Waals surface area contributed by atoms with E-state index in [1.54, 1.807) is 24.3 Å². The molecular weight excluding hydrogens is 292 g/mol. The molecule has 0 fully saturated rings. The largest absolute Gasteiger partial charge is 0.356 e. The first-order valence-corrected chi connectivity index (χ1v) is 7.37. The number of nitrogens with zero attached hydrogens (tertiary/aromatic N) is 3. The predicted octanol–water partition coefficient (Wildman–Crippen LogP) is 2.99. The lowest BCUT2D eigenvalue weighted by Gasteiger charge is -2.16. The van der Waals surface area contributed by atoms with Crippen LogP contribution in [0.1, 0.15) is 19.4 Å². The van der Waals surface area contributed by atoms with Gasteiger partial charge in [0.15, 0.2) is 5.76 Å². The van der Waals surface area contributed by atoms with Gasteiger partial charge < -0.3 is 9.42 Å². The summed E-state index contributed by atoms with van der Waals surface area (Å²) in [5, 5.41) is 10.7. The topological polar surface area (TPSA) is 75.0 Å². The van der Waals surface area contributed by atoms with Crippen molar-refractivity contribution >= 4 is 11.6 Å². The van der Waals surface area contributed by atoms with Gasteiger partial charge in [0.1, 0.15) is 5.69 Å². The molecule has 1 aliphatic rings. The molecule has 1 amide bonds. The number of benzene rings is 1. The van der Waals surface area contributed by atoms with Gasteiger partial charge in [-0.1, -0.05) is 17.3 Å². The molecule has 0 saturated carbocycles. The molecule has 6 heteroatoms. The van der Waals surface area contributed by atoms with Crippen molar-refractivity contribution in [1.29, 1.82) is 0 Å². The molecule has 0 radical (unpaired) electrons. The van der Waals surface area contributed by atoms with E-state index >= 15 is 0 Å². The smallest absolute Gasteiger partial charge is 0.236 e. The first kappa shape index (κ1) is 13.8. The van der Waals surface area contributed by atoms with E-state index in [9.17, 15) is 4.79 Å². The van der Waals surface area contributed by atoms with E-state index in [0.717, 1.165) is 28.1 Å². The standard InChI is InChI=1S/C17H16N4O2/c1-17(2)12-5-4-10(6-14(12)21(3)16(17)22)15-7-13(20-23-15)11-8-18-19-9-11/h4-9H,1-3H3,(H,18,19). The highest BCUT2D eigenvalue weighted by molar-refractivity contribution is 6.07. The molecule has 2 aromatic heterocycles. The Morgan fingerprint density at radius 3 is 2.78 bits per heavy atom. The van der Waals surface area contributed by atoms with Gasteiger partial charge in [0.2, 0.25) is 5.91 Å². The zero-order valence-electron chi connectivity index (χ0n) is 13.1. The SMILES string of the molecule is CN1C(=O)C(C)(C)c2ccc(-c3cc(-c4cn[nH]c4)no3)cc21. The number of aromatic nitrogens is 3. The highest BCUT2D eigenvalue weighted by Gasteiger charge is 2.42. The molecule has 4 rings (SSSR count). The number of amides is 1. The molecule has 1 N–H and O–H groups in total.